The molecular weight excluding hydrogens is 499 g/mol. The molecule has 9 heteroatoms. The van der Waals surface area contributed by atoms with E-state index in [9.17, 15) is 13.2 Å². The average molecular weight is 524 g/mol. The lowest BCUT2D eigenvalue weighted by Gasteiger charge is -2.25. The Morgan fingerprint density at radius 2 is 1.76 bits per heavy atom. The predicted octanol–water partition coefficient (Wildman–Crippen LogP) is 5.55. The lowest BCUT2D eigenvalue weighted by atomic mass is 10.2. The number of benzene rings is 3. The molecule has 3 rings (SSSR count). The van der Waals surface area contributed by atoms with E-state index < -0.39 is 22.5 Å². The van der Waals surface area contributed by atoms with Gasteiger partial charge in [0, 0.05) is 23.1 Å². The third-order valence-electron chi connectivity index (χ3n) is 4.72. The molecule has 0 bridgehead atoms. The summed E-state index contributed by atoms with van der Waals surface area (Å²) in [6.07, 6.45) is 0. The molecule has 3 aromatic rings. The first-order valence-electron chi connectivity index (χ1n) is 10.2. The molecular formula is C24H24Cl2N2O3S2. The summed E-state index contributed by atoms with van der Waals surface area (Å²) < 4.78 is 27.7. The number of halogens is 2. The van der Waals surface area contributed by atoms with Crippen LogP contribution >= 0.6 is 35.0 Å². The number of nitrogens with one attached hydrogen (secondary N) is 1. The number of rotatable bonds is 10. The maximum Gasteiger partial charge on any atom is 0.264 e. The molecule has 0 unspecified atom stereocenters. The summed E-state index contributed by atoms with van der Waals surface area (Å²) in [6.45, 7) is 2.05. The molecule has 0 aliphatic carbocycles. The van der Waals surface area contributed by atoms with Crippen molar-refractivity contribution in [3.05, 3.63) is 94.0 Å². The van der Waals surface area contributed by atoms with Gasteiger partial charge in [0.25, 0.3) is 10.0 Å². The SMILES string of the molecule is Cc1cccc(CSCCNC(=O)CN(c2cc(Cl)ccc2Cl)S(=O)(=O)c2ccccc2)c1. The van der Waals surface area contributed by atoms with Crippen LogP contribution in [0.2, 0.25) is 10.0 Å². The molecule has 0 radical (unpaired) electrons. The molecule has 0 saturated carbocycles. The van der Waals surface area contributed by atoms with Gasteiger partial charge in [-0.3, -0.25) is 9.10 Å². The van der Waals surface area contributed by atoms with Crippen molar-refractivity contribution in [3.8, 4) is 0 Å². The molecule has 0 atom stereocenters. The molecule has 33 heavy (non-hydrogen) atoms. The van der Waals surface area contributed by atoms with Crippen LogP contribution in [0.3, 0.4) is 0 Å². The average Bonchev–Trinajstić information content (AvgIpc) is 2.79. The lowest BCUT2D eigenvalue weighted by Crippen LogP contribution is -2.41. The minimum Gasteiger partial charge on any atom is -0.354 e. The number of thioether (sulfide) groups is 1. The maximum absolute atomic E-state index is 13.3. The number of hydrogen-bond acceptors (Lipinski definition) is 4. The maximum atomic E-state index is 13.3. The quantitative estimate of drug-likeness (QED) is 0.354. The van der Waals surface area contributed by atoms with Crippen LogP contribution in [0.4, 0.5) is 5.69 Å². The van der Waals surface area contributed by atoms with Crippen LogP contribution in [-0.4, -0.2) is 33.2 Å². The van der Waals surface area contributed by atoms with Gasteiger partial charge in [0.1, 0.15) is 6.54 Å². The van der Waals surface area contributed by atoms with Crippen molar-refractivity contribution >= 4 is 56.6 Å². The Bertz CT molecular complexity index is 1210. The number of aryl methyl sites for hydroxylation is 1. The molecule has 1 amide bonds. The Morgan fingerprint density at radius 3 is 2.48 bits per heavy atom. The van der Waals surface area contributed by atoms with E-state index in [-0.39, 0.29) is 15.6 Å². The molecule has 0 aromatic heterocycles. The number of hydrogen-bond donors (Lipinski definition) is 1. The summed E-state index contributed by atoms with van der Waals surface area (Å²) >= 11 is 14.1. The van der Waals surface area contributed by atoms with E-state index in [2.05, 4.69) is 30.4 Å². The molecule has 5 nitrogen and oxygen atoms in total. The highest BCUT2D eigenvalue weighted by Crippen LogP contribution is 2.32. The Kier molecular flexibility index (Phi) is 9.09. The summed E-state index contributed by atoms with van der Waals surface area (Å²) in [4.78, 5) is 12.7. The van der Waals surface area contributed by atoms with Gasteiger partial charge in [0.05, 0.1) is 15.6 Å². The summed E-state index contributed by atoms with van der Waals surface area (Å²) in [5.41, 5.74) is 2.58. The van der Waals surface area contributed by atoms with Crippen LogP contribution in [0.25, 0.3) is 0 Å². The molecule has 0 aliphatic rings. The molecule has 174 valence electrons. The first-order chi connectivity index (χ1) is 15.8. The number of anilines is 1. The van der Waals surface area contributed by atoms with Crippen LogP contribution in [0.1, 0.15) is 11.1 Å². The van der Waals surface area contributed by atoms with E-state index in [0.29, 0.717) is 17.3 Å². The molecule has 3 aromatic carbocycles. The molecule has 0 saturated heterocycles. The topological polar surface area (TPSA) is 66.5 Å². The van der Waals surface area contributed by atoms with E-state index in [0.717, 1.165) is 10.1 Å². The second-order valence-corrected chi connectivity index (χ2v) is 11.1. The molecule has 0 spiro atoms. The number of amides is 1. The summed E-state index contributed by atoms with van der Waals surface area (Å²) in [5.74, 6) is 1.11. The highest BCUT2D eigenvalue weighted by molar-refractivity contribution is 7.98. The third-order valence-corrected chi connectivity index (χ3v) is 8.07. The van der Waals surface area contributed by atoms with Gasteiger partial charge in [-0.1, -0.05) is 71.2 Å². The van der Waals surface area contributed by atoms with Crippen molar-refractivity contribution in [2.45, 2.75) is 17.6 Å². The van der Waals surface area contributed by atoms with Gasteiger partial charge in [0.15, 0.2) is 0 Å². The van der Waals surface area contributed by atoms with Crippen molar-refractivity contribution in [3.63, 3.8) is 0 Å². The fourth-order valence-electron chi connectivity index (χ4n) is 3.14. The molecule has 0 aliphatic heterocycles. The van der Waals surface area contributed by atoms with Crippen molar-refractivity contribution in [1.82, 2.24) is 5.32 Å². The van der Waals surface area contributed by atoms with Gasteiger partial charge >= 0.3 is 0 Å². The molecule has 0 heterocycles. The fourth-order valence-corrected chi connectivity index (χ4v) is 5.83. The van der Waals surface area contributed by atoms with Gasteiger partial charge in [-0.25, -0.2) is 8.42 Å². The minimum atomic E-state index is -4.04. The van der Waals surface area contributed by atoms with E-state index in [1.54, 1.807) is 36.0 Å². The fraction of sp³-hybridized carbons (Fsp3) is 0.208. The van der Waals surface area contributed by atoms with Gasteiger partial charge < -0.3 is 5.32 Å². The van der Waals surface area contributed by atoms with Crippen LogP contribution in [0.15, 0.2) is 77.7 Å². The largest absolute Gasteiger partial charge is 0.354 e. The monoisotopic (exact) mass is 522 g/mol. The zero-order valence-corrected chi connectivity index (χ0v) is 21.1. The van der Waals surface area contributed by atoms with Crippen molar-refractivity contribution in [2.75, 3.05) is 23.1 Å². The Labute approximate surface area is 209 Å². The standard InChI is InChI=1S/C24H24Cl2N2O3S2/c1-18-6-5-7-19(14-18)17-32-13-12-27-24(29)16-28(23-15-20(25)10-11-22(23)26)33(30,31)21-8-3-2-4-9-21/h2-11,14-15H,12-13,16-17H2,1H3,(H,27,29). The van der Waals surface area contributed by atoms with Gasteiger partial charge in [0.2, 0.25) is 5.91 Å². The van der Waals surface area contributed by atoms with Crippen LogP contribution in [-0.2, 0) is 20.6 Å². The first-order valence-corrected chi connectivity index (χ1v) is 13.6. The smallest absolute Gasteiger partial charge is 0.264 e. The second kappa shape index (κ2) is 11.8. The van der Waals surface area contributed by atoms with E-state index >= 15 is 0 Å². The van der Waals surface area contributed by atoms with Crippen molar-refractivity contribution < 1.29 is 13.2 Å². The third kappa shape index (κ3) is 7.14. The first kappa shape index (κ1) is 25.4. The summed E-state index contributed by atoms with van der Waals surface area (Å²) in [6, 6.07) is 20.7. The Balaban J connectivity index is 1.67. The highest BCUT2D eigenvalue weighted by atomic mass is 35.5. The summed E-state index contributed by atoms with van der Waals surface area (Å²) in [7, 11) is -4.04. The predicted molar refractivity (Wildman–Crippen MR) is 138 cm³/mol. The molecule has 1 N–H and O–H groups in total. The zero-order valence-electron chi connectivity index (χ0n) is 18.0. The van der Waals surface area contributed by atoms with Crippen molar-refractivity contribution in [1.29, 1.82) is 0 Å². The van der Waals surface area contributed by atoms with Gasteiger partial charge in [-0.05, 0) is 42.8 Å². The van der Waals surface area contributed by atoms with E-state index in [1.165, 1.54) is 35.4 Å². The Morgan fingerprint density at radius 1 is 1.00 bits per heavy atom. The normalized spacial score (nSPS) is 11.2. The van der Waals surface area contributed by atoms with Gasteiger partial charge in [-0.2, -0.15) is 11.8 Å². The second-order valence-electron chi connectivity index (χ2n) is 7.31. The number of carbonyl (C=O) groups is 1. The Hall–Kier alpha value is -2.19. The molecule has 0 fully saturated rings. The van der Waals surface area contributed by atoms with Crippen LogP contribution in [0.5, 0.6) is 0 Å². The number of carbonyl (C=O) groups excluding carboxylic acids is 1. The van der Waals surface area contributed by atoms with Crippen molar-refractivity contribution in [2.24, 2.45) is 0 Å². The minimum absolute atomic E-state index is 0.0579. The van der Waals surface area contributed by atoms with E-state index in [1.807, 2.05) is 6.07 Å². The lowest BCUT2D eigenvalue weighted by molar-refractivity contribution is -0.119. The number of sulfonamides is 1. The van der Waals surface area contributed by atoms with Gasteiger partial charge in [-0.15, -0.1) is 0 Å². The van der Waals surface area contributed by atoms with Crippen LogP contribution in [0, 0.1) is 6.92 Å². The zero-order chi connectivity index (χ0) is 23.8. The van der Waals surface area contributed by atoms with Crippen LogP contribution < -0.4 is 9.62 Å². The number of nitrogens with zero attached hydrogens (tertiary/aromatic N) is 1. The summed E-state index contributed by atoms with van der Waals surface area (Å²) in [5, 5.41) is 3.29. The highest BCUT2D eigenvalue weighted by Gasteiger charge is 2.28. The van der Waals surface area contributed by atoms with E-state index in [4.69, 9.17) is 23.2 Å².